The Morgan fingerprint density at radius 1 is 1.38 bits per heavy atom. The molecule has 1 aliphatic carbocycles. The quantitative estimate of drug-likeness (QED) is 0.674. The van der Waals surface area contributed by atoms with Crippen LogP contribution in [0.25, 0.3) is 0 Å². The molecule has 0 heterocycles. The van der Waals surface area contributed by atoms with Crippen LogP contribution in [0.4, 0.5) is 0 Å². The maximum absolute atomic E-state index is 11.4. The second kappa shape index (κ2) is 3.62. The van der Waals surface area contributed by atoms with Gasteiger partial charge in [0.15, 0.2) is 5.76 Å². The van der Waals surface area contributed by atoms with Crippen LogP contribution in [0.1, 0.15) is 6.92 Å². The van der Waals surface area contributed by atoms with Crippen molar-refractivity contribution in [1.82, 2.24) is 0 Å². The topological polar surface area (TPSA) is 55.8 Å². The molecule has 0 amide bonds. The average Bonchev–Trinajstić information content (AvgIpc) is 2.10. The van der Waals surface area contributed by atoms with Gasteiger partial charge < -0.3 is 14.6 Å². The van der Waals surface area contributed by atoms with Gasteiger partial charge in [-0.15, -0.1) is 0 Å². The summed E-state index contributed by atoms with van der Waals surface area (Å²) in [6, 6.07) is 0. The molecule has 0 aliphatic heterocycles. The molecule has 0 aromatic rings. The van der Waals surface area contributed by atoms with E-state index < -0.39 is 6.10 Å². The Morgan fingerprint density at radius 2 is 2.00 bits per heavy atom. The fourth-order valence-electron chi connectivity index (χ4n) is 1.22. The van der Waals surface area contributed by atoms with Gasteiger partial charge in [0, 0.05) is 0 Å². The zero-order valence-corrected chi connectivity index (χ0v) is 7.83. The number of hydrogen-bond acceptors (Lipinski definition) is 4. The summed E-state index contributed by atoms with van der Waals surface area (Å²) < 4.78 is 9.72. The van der Waals surface area contributed by atoms with Crippen molar-refractivity contribution in [2.75, 3.05) is 14.2 Å². The number of allylic oxidation sites excluding steroid dienone is 1. The van der Waals surface area contributed by atoms with Crippen molar-refractivity contribution in [2.24, 2.45) is 0 Å². The van der Waals surface area contributed by atoms with Gasteiger partial charge in [-0.1, -0.05) is 0 Å². The molecule has 1 rings (SSSR count). The number of hydrogen-bond donors (Lipinski definition) is 1. The van der Waals surface area contributed by atoms with Gasteiger partial charge in [0.2, 0.25) is 11.5 Å². The fourth-order valence-corrected chi connectivity index (χ4v) is 1.22. The molecule has 0 bridgehead atoms. The molecule has 0 fully saturated rings. The molecule has 72 valence electrons. The summed E-state index contributed by atoms with van der Waals surface area (Å²) in [7, 11) is 2.76. The third-order valence-corrected chi connectivity index (χ3v) is 1.89. The molecule has 0 saturated carbocycles. The lowest BCUT2D eigenvalue weighted by Gasteiger charge is -2.19. The van der Waals surface area contributed by atoms with E-state index in [1.54, 1.807) is 6.92 Å². The minimum absolute atomic E-state index is 0.0787. The number of aliphatic hydroxyl groups excluding tert-OH is 1. The molecule has 0 spiro atoms. The van der Waals surface area contributed by atoms with Crippen molar-refractivity contribution in [3.05, 3.63) is 23.2 Å². The molecule has 4 nitrogen and oxygen atoms in total. The first-order valence-corrected chi connectivity index (χ1v) is 3.85. The van der Waals surface area contributed by atoms with Crippen LogP contribution in [0.5, 0.6) is 0 Å². The van der Waals surface area contributed by atoms with Gasteiger partial charge in [-0.05, 0) is 18.6 Å². The first kappa shape index (κ1) is 9.80. The highest BCUT2D eigenvalue weighted by molar-refractivity contribution is 6.07. The molecule has 0 radical (unpaired) electrons. The van der Waals surface area contributed by atoms with Crippen molar-refractivity contribution in [3.63, 3.8) is 0 Å². The lowest BCUT2D eigenvalue weighted by atomic mass is 10.0. The molecule has 1 aliphatic rings. The van der Waals surface area contributed by atoms with E-state index in [1.165, 1.54) is 20.3 Å². The Bertz CT molecular complexity index is 288. The van der Waals surface area contributed by atoms with Crippen molar-refractivity contribution in [1.29, 1.82) is 0 Å². The molecule has 4 heteroatoms. The zero-order chi connectivity index (χ0) is 10.0. The Hall–Kier alpha value is -1.29. The highest BCUT2D eigenvalue weighted by Crippen LogP contribution is 2.22. The smallest absolute Gasteiger partial charge is 0.226 e. The maximum atomic E-state index is 11.4. The summed E-state index contributed by atoms with van der Waals surface area (Å²) in [6.07, 6.45) is 0.543. The van der Waals surface area contributed by atoms with E-state index in [0.29, 0.717) is 5.57 Å². The molecular formula is C9H12O4. The molecule has 0 aromatic carbocycles. The number of ketones is 1. The van der Waals surface area contributed by atoms with Crippen molar-refractivity contribution >= 4 is 5.78 Å². The number of carbonyl (C=O) groups excluding carboxylic acids is 1. The molecule has 13 heavy (non-hydrogen) atoms. The summed E-state index contributed by atoms with van der Waals surface area (Å²) in [6.45, 7) is 1.62. The Morgan fingerprint density at radius 3 is 2.46 bits per heavy atom. The number of Topliss-reactive ketones (excluding diaryl/α,β-unsaturated/α-hetero) is 1. The Labute approximate surface area is 76.5 Å². The molecular weight excluding hydrogens is 172 g/mol. The summed E-state index contributed by atoms with van der Waals surface area (Å²) in [5.41, 5.74) is 0.463. The SMILES string of the molecule is COC1=C(OC)C(O)C=C(C)C1=O. The summed E-state index contributed by atoms with van der Waals surface area (Å²) in [4.78, 5) is 11.4. The minimum Gasteiger partial charge on any atom is -0.494 e. The predicted octanol–water partition coefficient (Wildman–Crippen LogP) is 0.381. The van der Waals surface area contributed by atoms with Gasteiger partial charge in [-0.2, -0.15) is 0 Å². The van der Waals surface area contributed by atoms with E-state index in [1.807, 2.05) is 0 Å². The number of ether oxygens (including phenoxy) is 2. The van der Waals surface area contributed by atoms with Crippen LogP contribution in [0.15, 0.2) is 23.2 Å². The van der Waals surface area contributed by atoms with Crippen molar-refractivity contribution < 1.29 is 19.4 Å². The maximum Gasteiger partial charge on any atom is 0.226 e. The average molecular weight is 184 g/mol. The third-order valence-electron chi connectivity index (χ3n) is 1.89. The third kappa shape index (κ3) is 1.58. The Balaban J connectivity index is 3.11. The lowest BCUT2D eigenvalue weighted by Crippen LogP contribution is -2.23. The minimum atomic E-state index is -0.891. The van der Waals surface area contributed by atoms with Gasteiger partial charge in [0.25, 0.3) is 0 Å². The van der Waals surface area contributed by atoms with Gasteiger partial charge in [0.1, 0.15) is 6.10 Å². The van der Waals surface area contributed by atoms with Crippen molar-refractivity contribution in [3.8, 4) is 0 Å². The number of carbonyl (C=O) groups is 1. The number of aliphatic hydroxyl groups is 1. The van der Waals surface area contributed by atoms with Crippen LogP contribution in [-0.4, -0.2) is 31.2 Å². The van der Waals surface area contributed by atoms with E-state index in [-0.39, 0.29) is 17.3 Å². The fraction of sp³-hybridized carbons (Fsp3) is 0.444. The summed E-state index contributed by atoms with van der Waals surface area (Å²) in [5.74, 6) is -0.00208. The second-order valence-electron chi connectivity index (χ2n) is 2.73. The standard InChI is InChI=1S/C9H12O4/c1-5-4-6(10)8(12-2)9(13-3)7(5)11/h4,6,10H,1-3H3. The lowest BCUT2D eigenvalue weighted by molar-refractivity contribution is -0.116. The van der Waals surface area contributed by atoms with E-state index >= 15 is 0 Å². The highest BCUT2D eigenvalue weighted by Gasteiger charge is 2.28. The first-order chi connectivity index (χ1) is 6.11. The van der Waals surface area contributed by atoms with Crippen LogP contribution >= 0.6 is 0 Å². The van der Waals surface area contributed by atoms with Crippen LogP contribution in [0.2, 0.25) is 0 Å². The number of methoxy groups -OCH3 is 2. The van der Waals surface area contributed by atoms with Crippen LogP contribution in [-0.2, 0) is 14.3 Å². The number of rotatable bonds is 2. The van der Waals surface area contributed by atoms with Gasteiger partial charge in [0.05, 0.1) is 14.2 Å². The first-order valence-electron chi connectivity index (χ1n) is 3.85. The molecule has 1 atom stereocenters. The summed E-state index contributed by atoms with van der Waals surface area (Å²) >= 11 is 0. The molecule has 0 saturated heterocycles. The zero-order valence-electron chi connectivity index (χ0n) is 7.83. The highest BCUT2D eigenvalue weighted by atomic mass is 16.5. The largest absolute Gasteiger partial charge is 0.494 e. The van der Waals surface area contributed by atoms with E-state index in [2.05, 4.69) is 0 Å². The van der Waals surface area contributed by atoms with Gasteiger partial charge >= 0.3 is 0 Å². The van der Waals surface area contributed by atoms with Gasteiger partial charge in [-0.25, -0.2) is 0 Å². The van der Waals surface area contributed by atoms with Crippen LogP contribution in [0.3, 0.4) is 0 Å². The van der Waals surface area contributed by atoms with Crippen LogP contribution in [0, 0.1) is 0 Å². The Kier molecular flexibility index (Phi) is 2.72. The monoisotopic (exact) mass is 184 g/mol. The van der Waals surface area contributed by atoms with E-state index in [0.717, 1.165) is 0 Å². The molecule has 0 aromatic heterocycles. The molecule has 1 N–H and O–H groups in total. The normalized spacial score (nSPS) is 22.9. The predicted molar refractivity (Wildman–Crippen MR) is 45.8 cm³/mol. The van der Waals surface area contributed by atoms with E-state index in [9.17, 15) is 9.90 Å². The van der Waals surface area contributed by atoms with Gasteiger partial charge in [-0.3, -0.25) is 4.79 Å². The van der Waals surface area contributed by atoms with Crippen molar-refractivity contribution in [2.45, 2.75) is 13.0 Å². The summed E-state index contributed by atoms with van der Waals surface area (Å²) in [5, 5.41) is 9.47. The molecule has 1 unspecified atom stereocenters. The van der Waals surface area contributed by atoms with Crippen LogP contribution < -0.4 is 0 Å². The second-order valence-corrected chi connectivity index (χ2v) is 2.73. The van der Waals surface area contributed by atoms with E-state index in [4.69, 9.17) is 9.47 Å².